The first kappa shape index (κ1) is 12.9. The molecule has 0 aromatic rings. The fraction of sp³-hybridized carbons (Fsp3) is 0.929. The first-order chi connectivity index (χ1) is 8.02. The quantitative estimate of drug-likeness (QED) is 0.702. The lowest BCUT2D eigenvalue weighted by Crippen LogP contribution is -2.57. The fourth-order valence-corrected chi connectivity index (χ4v) is 3.45. The van der Waals surface area contributed by atoms with Crippen LogP contribution in [0, 0.1) is 17.2 Å². The fourth-order valence-electron chi connectivity index (χ4n) is 3.45. The SMILES string of the molecule is CC1CN(C2CCCCC2C#N)CC(C)(C)O1. The molecule has 2 rings (SSSR count). The summed E-state index contributed by atoms with van der Waals surface area (Å²) in [6, 6.07) is 2.97. The van der Waals surface area contributed by atoms with Gasteiger partial charge in [-0.3, -0.25) is 4.90 Å². The molecule has 17 heavy (non-hydrogen) atoms. The van der Waals surface area contributed by atoms with Crippen molar-refractivity contribution < 1.29 is 4.74 Å². The van der Waals surface area contributed by atoms with Gasteiger partial charge in [0.2, 0.25) is 0 Å². The molecule has 0 N–H and O–H groups in total. The van der Waals surface area contributed by atoms with Crippen molar-refractivity contribution in [2.75, 3.05) is 13.1 Å². The molecular formula is C14H24N2O. The summed E-state index contributed by atoms with van der Waals surface area (Å²) in [6.07, 6.45) is 5.03. The average molecular weight is 236 g/mol. The van der Waals surface area contributed by atoms with E-state index in [2.05, 4.69) is 31.7 Å². The molecule has 0 amide bonds. The Kier molecular flexibility index (Phi) is 3.75. The van der Waals surface area contributed by atoms with Crippen LogP contribution in [0.5, 0.6) is 0 Å². The van der Waals surface area contributed by atoms with Gasteiger partial charge in [0, 0.05) is 19.1 Å². The van der Waals surface area contributed by atoms with Gasteiger partial charge >= 0.3 is 0 Å². The molecule has 1 heterocycles. The van der Waals surface area contributed by atoms with E-state index < -0.39 is 0 Å². The Balaban J connectivity index is 2.07. The summed E-state index contributed by atoms with van der Waals surface area (Å²) in [4.78, 5) is 2.50. The van der Waals surface area contributed by atoms with Crippen molar-refractivity contribution >= 4 is 0 Å². The van der Waals surface area contributed by atoms with Gasteiger partial charge in [-0.15, -0.1) is 0 Å². The molecule has 1 saturated heterocycles. The van der Waals surface area contributed by atoms with Gasteiger partial charge in [0.05, 0.1) is 23.7 Å². The minimum Gasteiger partial charge on any atom is -0.370 e. The standard InChI is InChI=1S/C14H24N2O/c1-11-9-16(10-14(2,3)17-11)13-7-5-4-6-12(13)8-15/h11-13H,4-7,9-10H2,1-3H3. The topological polar surface area (TPSA) is 36.3 Å². The predicted octanol–water partition coefficient (Wildman–Crippen LogP) is 2.57. The zero-order valence-electron chi connectivity index (χ0n) is 11.3. The Morgan fingerprint density at radius 1 is 1.29 bits per heavy atom. The van der Waals surface area contributed by atoms with Crippen LogP contribution in [0.15, 0.2) is 0 Å². The van der Waals surface area contributed by atoms with E-state index in [1.54, 1.807) is 0 Å². The molecule has 3 unspecified atom stereocenters. The number of rotatable bonds is 1. The normalized spacial score (nSPS) is 38.6. The van der Waals surface area contributed by atoms with E-state index in [1.807, 2.05) is 0 Å². The van der Waals surface area contributed by atoms with E-state index in [0.29, 0.717) is 6.04 Å². The zero-order valence-corrected chi connectivity index (χ0v) is 11.3. The third-order valence-corrected chi connectivity index (χ3v) is 3.96. The van der Waals surface area contributed by atoms with Crippen molar-refractivity contribution in [1.29, 1.82) is 5.26 Å². The first-order valence-corrected chi connectivity index (χ1v) is 6.83. The van der Waals surface area contributed by atoms with Gasteiger partial charge in [0.1, 0.15) is 0 Å². The van der Waals surface area contributed by atoms with E-state index in [4.69, 9.17) is 4.74 Å². The molecule has 96 valence electrons. The van der Waals surface area contributed by atoms with Gasteiger partial charge in [-0.05, 0) is 33.6 Å². The lowest BCUT2D eigenvalue weighted by atomic mass is 9.83. The highest BCUT2D eigenvalue weighted by Gasteiger charge is 2.38. The molecule has 0 aromatic heterocycles. The van der Waals surface area contributed by atoms with E-state index in [-0.39, 0.29) is 17.6 Å². The Labute approximate surface area is 105 Å². The van der Waals surface area contributed by atoms with Crippen LogP contribution in [0.2, 0.25) is 0 Å². The lowest BCUT2D eigenvalue weighted by molar-refractivity contribution is -0.143. The second-order valence-electron chi connectivity index (χ2n) is 6.21. The minimum absolute atomic E-state index is 0.0743. The second kappa shape index (κ2) is 4.96. The molecule has 2 aliphatic rings. The van der Waals surface area contributed by atoms with Crippen LogP contribution >= 0.6 is 0 Å². The van der Waals surface area contributed by atoms with Crippen molar-refractivity contribution in [2.24, 2.45) is 5.92 Å². The van der Waals surface area contributed by atoms with Gasteiger partial charge in [0.25, 0.3) is 0 Å². The van der Waals surface area contributed by atoms with Crippen molar-refractivity contribution in [3.63, 3.8) is 0 Å². The highest BCUT2D eigenvalue weighted by atomic mass is 16.5. The number of nitrogens with zero attached hydrogens (tertiary/aromatic N) is 2. The molecule has 3 atom stereocenters. The maximum Gasteiger partial charge on any atom is 0.0757 e. The maximum absolute atomic E-state index is 9.28. The molecule has 1 aliphatic heterocycles. The van der Waals surface area contributed by atoms with Gasteiger partial charge in [0.15, 0.2) is 0 Å². The van der Waals surface area contributed by atoms with Crippen LogP contribution in [-0.4, -0.2) is 35.7 Å². The minimum atomic E-state index is -0.0743. The molecule has 1 saturated carbocycles. The number of hydrogen-bond acceptors (Lipinski definition) is 3. The third-order valence-electron chi connectivity index (χ3n) is 3.96. The van der Waals surface area contributed by atoms with E-state index in [1.165, 1.54) is 19.3 Å². The van der Waals surface area contributed by atoms with Crippen LogP contribution in [0.1, 0.15) is 46.5 Å². The smallest absolute Gasteiger partial charge is 0.0757 e. The Morgan fingerprint density at radius 2 is 2.00 bits per heavy atom. The summed E-state index contributed by atoms with van der Waals surface area (Å²) in [7, 11) is 0. The largest absolute Gasteiger partial charge is 0.370 e. The second-order valence-corrected chi connectivity index (χ2v) is 6.21. The Morgan fingerprint density at radius 3 is 2.65 bits per heavy atom. The van der Waals surface area contributed by atoms with Crippen LogP contribution in [-0.2, 0) is 4.74 Å². The van der Waals surface area contributed by atoms with Crippen molar-refractivity contribution in [3.8, 4) is 6.07 Å². The molecule has 1 aliphatic carbocycles. The number of nitriles is 1. The van der Waals surface area contributed by atoms with Crippen LogP contribution in [0.4, 0.5) is 0 Å². The van der Waals surface area contributed by atoms with Crippen molar-refractivity contribution in [3.05, 3.63) is 0 Å². The Hall–Kier alpha value is -0.590. The van der Waals surface area contributed by atoms with Gasteiger partial charge in [-0.25, -0.2) is 0 Å². The monoisotopic (exact) mass is 236 g/mol. The summed E-state index contributed by atoms with van der Waals surface area (Å²) in [5.74, 6) is 0.227. The van der Waals surface area contributed by atoms with E-state index in [0.717, 1.165) is 19.5 Å². The molecule has 0 radical (unpaired) electrons. The number of ether oxygens (including phenoxy) is 1. The summed E-state index contributed by atoms with van der Waals surface area (Å²) in [6.45, 7) is 8.38. The van der Waals surface area contributed by atoms with Gasteiger partial charge in [-0.1, -0.05) is 12.8 Å². The molecule has 0 spiro atoms. The summed E-state index contributed by atoms with van der Waals surface area (Å²) in [5, 5.41) is 9.28. The molecule has 3 heteroatoms. The van der Waals surface area contributed by atoms with Gasteiger partial charge in [-0.2, -0.15) is 5.26 Å². The molecular weight excluding hydrogens is 212 g/mol. The Bertz CT molecular complexity index is 308. The van der Waals surface area contributed by atoms with Crippen LogP contribution < -0.4 is 0 Å². The lowest BCUT2D eigenvalue weighted by Gasteiger charge is -2.47. The van der Waals surface area contributed by atoms with E-state index in [9.17, 15) is 5.26 Å². The van der Waals surface area contributed by atoms with Crippen molar-refractivity contribution in [1.82, 2.24) is 4.90 Å². The zero-order chi connectivity index (χ0) is 12.5. The third kappa shape index (κ3) is 3.00. The van der Waals surface area contributed by atoms with Crippen molar-refractivity contribution in [2.45, 2.75) is 64.2 Å². The number of morpholine rings is 1. The molecule has 0 bridgehead atoms. The van der Waals surface area contributed by atoms with Crippen LogP contribution in [0.25, 0.3) is 0 Å². The molecule has 3 nitrogen and oxygen atoms in total. The van der Waals surface area contributed by atoms with Crippen LogP contribution in [0.3, 0.4) is 0 Å². The average Bonchev–Trinajstić information content (AvgIpc) is 2.26. The van der Waals surface area contributed by atoms with E-state index >= 15 is 0 Å². The predicted molar refractivity (Wildman–Crippen MR) is 67.6 cm³/mol. The summed E-state index contributed by atoms with van der Waals surface area (Å²) < 4.78 is 5.94. The molecule has 0 aromatic carbocycles. The summed E-state index contributed by atoms with van der Waals surface area (Å²) >= 11 is 0. The maximum atomic E-state index is 9.28. The van der Waals surface area contributed by atoms with Gasteiger partial charge < -0.3 is 4.74 Å². The first-order valence-electron chi connectivity index (χ1n) is 6.83. The number of hydrogen-bond donors (Lipinski definition) is 0. The highest BCUT2D eigenvalue weighted by Crippen LogP contribution is 2.32. The molecule has 2 fully saturated rings. The summed E-state index contributed by atoms with van der Waals surface area (Å²) in [5.41, 5.74) is -0.0743. The highest BCUT2D eigenvalue weighted by molar-refractivity contribution is 4.98.